The van der Waals surface area contributed by atoms with Gasteiger partial charge in [0, 0.05) is 29.9 Å². The largest absolute Gasteiger partial charge is 0.573 e. The van der Waals surface area contributed by atoms with Gasteiger partial charge < -0.3 is 15.0 Å². The number of benzene rings is 2. The molecule has 1 heterocycles. The van der Waals surface area contributed by atoms with Crippen LogP contribution in [0.25, 0.3) is 0 Å². The van der Waals surface area contributed by atoms with Crippen molar-refractivity contribution < 1.29 is 27.5 Å². The molecule has 1 aliphatic rings. The molecule has 0 unspecified atom stereocenters. The SMILES string of the molecule is CCC(=O)N1CCc2cc(C(=O)Nc3ccc(OC(F)(F)F)cc3)ccc21. The van der Waals surface area contributed by atoms with Gasteiger partial charge in [0.1, 0.15) is 5.75 Å². The Bertz CT molecular complexity index is 863. The smallest absolute Gasteiger partial charge is 0.406 e. The first-order valence-corrected chi connectivity index (χ1v) is 8.37. The Morgan fingerprint density at radius 2 is 1.85 bits per heavy atom. The van der Waals surface area contributed by atoms with Crippen molar-refractivity contribution in [2.24, 2.45) is 0 Å². The Morgan fingerprint density at radius 3 is 2.48 bits per heavy atom. The third-order valence-corrected chi connectivity index (χ3v) is 4.19. The molecule has 0 bridgehead atoms. The molecule has 5 nitrogen and oxygen atoms in total. The first kappa shape index (κ1) is 18.8. The second kappa shape index (κ2) is 7.30. The van der Waals surface area contributed by atoms with Crippen LogP contribution in [-0.4, -0.2) is 24.7 Å². The number of nitrogens with one attached hydrogen (secondary N) is 1. The van der Waals surface area contributed by atoms with Crippen molar-refractivity contribution in [3.63, 3.8) is 0 Å². The van der Waals surface area contributed by atoms with E-state index in [2.05, 4.69) is 10.1 Å². The van der Waals surface area contributed by atoms with E-state index in [1.807, 2.05) is 0 Å². The second-order valence-electron chi connectivity index (χ2n) is 6.02. The molecular formula is C19H17F3N2O3. The van der Waals surface area contributed by atoms with E-state index >= 15 is 0 Å². The van der Waals surface area contributed by atoms with Crippen molar-refractivity contribution in [1.29, 1.82) is 0 Å². The molecule has 0 radical (unpaired) electrons. The van der Waals surface area contributed by atoms with Gasteiger partial charge in [-0.15, -0.1) is 13.2 Å². The summed E-state index contributed by atoms with van der Waals surface area (Å²) in [6.45, 7) is 2.39. The average molecular weight is 378 g/mol. The zero-order valence-electron chi connectivity index (χ0n) is 14.5. The van der Waals surface area contributed by atoms with E-state index in [9.17, 15) is 22.8 Å². The quantitative estimate of drug-likeness (QED) is 0.870. The van der Waals surface area contributed by atoms with Crippen LogP contribution in [-0.2, 0) is 11.2 Å². The van der Waals surface area contributed by atoms with Gasteiger partial charge in [0.25, 0.3) is 5.91 Å². The fourth-order valence-corrected chi connectivity index (χ4v) is 2.94. The zero-order valence-corrected chi connectivity index (χ0v) is 14.5. The average Bonchev–Trinajstić information content (AvgIpc) is 3.04. The molecule has 8 heteroatoms. The molecule has 0 aliphatic carbocycles. The number of amides is 2. The summed E-state index contributed by atoms with van der Waals surface area (Å²) in [4.78, 5) is 26.0. The van der Waals surface area contributed by atoms with Crippen molar-refractivity contribution in [1.82, 2.24) is 0 Å². The number of nitrogens with zero attached hydrogens (tertiary/aromatic N) is 1. The molecule has 0 atom stereocenters. The molecule has 0 spiro atoms. The topological polar surface area (TPSA) is 58.6 Å². The molecule has 1 aliphatic heterocycles. The molecule has 2 amide bonds. The van der Waals surface area contributed by atoms with Crippen molar-refractivity contribution in [2.45, 2.75) is 26.1 Å². The van der Waals surface area contributed by atoms with Gasteiger partial charge in [-0.05, 0) is 54.4 Å². The van der Waals surface area contributed by atoms with E-state index in [0.717, 1.165) is 23.4 Å². The van der Waals surface area contributed by atoms with Gasteiger partial charge in [-0.25, -0.2) is 0 Å². The minimum atomic E-state index is -4.76. The van der Waals surface area contributed by atoms with Gasteiger partial charge in [0.2, 0.25) is 5.91 Å². The fraction of sp³-hybridized carbons (Fsp3) is 0.263. The van der Waals surface area contributed by atoms with Crippen LogP contribution in [0.4, 0.5) is 24.5 Å². The first-order chi connectivity index (χ1) is 12.8. The maximum absolute atomic E-state index is 12.4. The second-order valence-corrected chi connectivity index (χ2v) is 6.02. The summed E-state index contributed by atoms with van der Waals surface area (Å²) >= 11 is 0. The summed E-state index contributed by atoms with van der Waals surface area (Å²) < 4.78 is 40.3. The van der Waals surface area contributed by atoms with Gasteiger partial charge >= 0.3 is 6.36 Å². The fourth-order valence-electron chi connectivity index (χ4n) is 2.94. The molecule has 2 aromatic carbocycles. The highest BCUT2D eigenvalue weighted by Gasteiger charge is 2.31. The van der Waals surface area contributed by atoms with Gasteiger partial charge in [-0.1, -0.05) is 6.92 Å². The Kier molecular flexibility index (Phi) is 5.07. The van der Waals surface area contributed by atoms with E-state index in [4.69, 9.17) is 0 Å². The highest BCUT2D eigenvalue weighted by atomic mass is 19.4. The van der Waals surface area contributed by atoms with Crippen molar-refractivity contribution in [3.05, 3.63) is 53.6 Å². The summed E-state index contributed by atoms with van der Waals surface area (Å²) in [6, 6.07) is 10.00. The lowest BCUT2D eigenvalue weighted by Crippen LogP contribution is -2.27. The van der Waals surface area contributed by atoms with Crippen LogP contribution in [0, 0.1) is 0 Å². The van der Waals surface area contributed by atoms with Crippen LogP contribution in [0.1, 0.15) is 29.3 Å². The number of rotatable bonds is 4. The van der Waals surface area contributed by atoms with Gasteiger partial charge in [-0.2, -0.15) is 0 Å². The molecule has 0 aromatic heterocycles. The first-order valence-electron chi connectivity index (χ1n) is 8.37. The van der Waals surface area contributed by atoms with E-state index in [0.29, 0.717) is 30.6 Å². The summed E-state index contributed by atoms with van der Waals surface area (Å²) in [5, 5.41) is 2.63. The van der Waals surface area contributed by atoms with Gasteiger partial charge in [-0.3, -0.25) is 9.59 Å². The van der Waals surface area contributed by atoms with Crippen molar-refractivity contribution in [3.8, 4) is 5.75 Å². The minimum absolute atomic E-state index is 0.0344. The molecule has 142 valence electrons. The standard InChI is InChI=1S/C19H17F3N2O3/c1-2-17(25)24-10-9-12-11-13(3-8-16(12)24)18(26)23-14-4-6-15(7-5-14)27-19(20,21)22/h3-8,11H,2,9-10H2,1H3,(H,23,26). The Labute approximate surface area is 153 Å². The lowest BCUT2D eigenvalue weighted by Gasteiger charge is -2.16. The Morgan fingerprint density at radius 1 is 1.15 bits per heavy atom. The molecule has 0 saturated heterocycles. The Balaban J connectivity index is 1.69. The summed E-state index contributed by atoms with van der Waals surface area (Å²) in [5.41, 5.74) is 2.48. The molecular weight excluding hydrogens is 361 g/mol. The number of hydrogen-bond acceptors (Lipinski definition) is 3. The van der Waals surface area contributed by atoms with E-state index in [1.54, 1.807) is 30.0 Å². The number of anilines is 2. The number of alkyl halides is 3. The summed E-state index contributed by atoms with van der Waals surface area (Å²) in [5.74, 6) is -0.714. The van der Waals surface area contributed by atoms with E-state index in [1.165, 1.54) is 12.1 Å². The third kappa shape index (κ3) is 4.39. The number of fused-ring (bicyclic) bond motifs is 1. The molecule has 2 aromatic rings. The summed E-state index contributed by atoms with van der Waals surface area (Å²) in [6.07, 6.45) is -3.68. The third-order valence-electron chi connectivity index (χ3n) is 4.19. The summed E-state index contributed by atoms with van der Waals surface area (Å²) in [7, 11) is 0. The Hall–Kier alpha value is -3.03. The molecule has 0 saturated carbocycles. The number of hydrogen-bond donors (Lipinski definition) is 1. The van der Waals surface area contributed by atoms with Crippen LogP contribution in [0.3, 0.4) is 0 Å². The molecule has 1 N–H and O–H groups in total. The van der Waals surface area contributed by atoms with Crippen LogP contribution in [0.2, 0.25) is 0 Å². The lowest BCUT2D eigenvalue weighted by atomic mass is 10.1. The van der Waals surface area contributed by atoms with Crippen molar-refractivity contribution >= 4 is 23.2 Å². The van der Waals surface area contributed by atoms with Gasteiger partial charge in [0.05, 0.1) is 0 Å². The monoisotopic (exact) mass is 378 g/mol. The van der Waals surface area contributed by atoms with Crippen LogP contribution < -0.4 is 15.0 Å². The van der Waals surface area contributed by atoms with Crippen LogP contribution in [0.5, 0.6) is 5.75 Å². The molecule has 3 rings (SSSR count). The molecule has 0 fully saturated rings. The molecule has 27 heavy (non-hydrogen) atoms. The highest BCUT2D eigenvalue weighted by Crippen LogP contribution is 2.30. The van der Waals surface area contributed by atoms with Crippen LogP contribution in [0.15, 0.2) is 42.5 Å². The van der Waals surface area contributed by atoms with E-state index < -0.39 is 6.36 Å². The van der Waals surface area contributed by atoms with Gasteiger partial charge in [0.15, 0.2) is 0 Å². The maximum Gasteiger partial charge on any atom is 0.573 e. The maximum atomic E-state index is 12.4. The highest BCUT2D eigenvalue weighted by molar-refractivity contribution is 6.05. The van der Waals surface area contributed by atoms with Crippen LogP contribution >= 0.6 is 0 Å². The predicted molar refractivity (Wildman–Crippen MR) is 93.9 cm³/mol. The lowest BCUT2D eigenvalue weighted by molar-refractivity contribution is -0.274. The number of ether oxygens (including phenoxy) is 1. The predicted octanol–water partition coefficient (Wildman–Crippen LogP) is 4.14. The minimum Gasteiger partial charge on any atom is -0.406 e. The van der Waals surface area contributed by atoms with E-state index in [-0.39, 0.29) is 17.6 Å². The van der Waals surface area contributed by atoms with Crippen molar-refractivity contribution in [2.75, 3.05) is 16.8 Å². The number of carbonyl (C=O) groups is 2. The number of carbonyl (C=O) groups excluding carboxylic acids is 2. The zero-order chi connectivity index (χ0) is 19.6. The normalized spacial score (nSPS) is 13.3. The number of halogens is 3.